The summed E-state index contributed by atoms with van der Waals surface area (Å²) < 4.78 is 5.37. The zero-order valence-corrected chi connectivity index (χ0v) is 14.3. The van der Waals surface area contributed by atoms with Gasteiger partial charge in [0, 0.05) is 31.8 Å². The lowest BCUT2D eigenvalue weighted by Gasteiger charge is -2.51. The molecule has 1 unspecified atom stereocenters. The lowest BCUT2D eigenvalue weighted by molar-refractivity contribution is -0.0186. The second-order valence-electron chi connectivity index (χ2n) is 7.03. The largest absolute Gasteiger partial charge is 0.383 e. The Hall–Kier alpha value is -0.160. The molecule has 124 valence electrons. The van der Waals surface area contributed by atoms with Crippen LogP contribution in [0, 0.1) is 5.92 Å². The fraction of sp³-hybridized carbons (Fsp3) is 1.00. The second kappa shape index (κ2) is 7.91. The number of rotatable bonds is 9. The van der Waals surface area contributed by atoms with Crippen molar-refractivity contribution in [2.24, 2.45) is 11.7 Å². The summed E-state index contributed by atoms with van der Waals surface area (Å²) in [6.07, 6.45) is 6.47. The minimum Gasteiger partial charge on any atom is -0.383 e. The van der Waals surface area contributed by atoms with E-state index in [-0.39, 0.29) is 5.54 Å². The predicted molar refractivity (Wildman–Crippen MR) is 88.5 cm³/mol. The van der Waals surface area contributed by atoms with Crippen LogP contribution < -0.4 is 5.73 Å². The number of ether oxygens (including phenoxy) is 1. The van der Waals surface area contributed by atoms with Crippen molar-refractivity contribution in [2.75, 3.05) is 46.4 Å². The van der Waals surface area contributed by atoms with Crippen LogP contribution in [0.3, 0.4) is 0 Å². The van der Waals surface area contributed by atoms with Crippen LogP contribution >= 0.6 is 0 Å². The van der Waals surface area contributed by atoms with Gasteiger partial charge in [0.05, 0.1) is 6.61 Å². The van der Waals surface area contributed by atoms with Gasteiger partial charge >= 0.3 is 0 Å². The van der Waals surface area contributed by atoms with Crippen molar-refractivity contribution in [3.05, 3.63) is 0 Å². The SMILES string of the molecule is CCCN1CCC(CN)(N(CCOC)C(C)C2CC2)CC1. The molecule has 1 aliphatic heterocycles. The topological polar surface area (TPSA) is 41.7 Å². The molecule has 0 spiro atoms. The molecule has 4 heteroatoms. The first-order chi connectivity index (χ1) is 10.2. The quantitative estimate of drug-likeness (QED) is 0.706. The smallest absolute Gasteiger partial charge is 0.0590 e. The Kier molecular flexibility index (Phi) is 6.48. The van der Waals surface area contributed by atoms with E-state index in [0.29, 0.717) is 6.04 Å². The Balaban J connectivity index is 2.03. The average Bonchev–Trinajstić information content (AvgIpc) is 3.34. The maximum atomic E-state index is 6.29. The van der Waals surface area contributed by atoms with Crippen LogP contribution in [0.2, 0.25) is 0 Å². The molecular weight excluding hydrogens is 262 g/mol. The Morgan fingerprint density at radius 2 is 2.00 bits per heavy atom. The van der Waals surface area contributed by atoms with Gasteiger partial charge in [0.15, 0.2) is 0 Å². The van der Waals surface area contributed by atoms with Crippen molar-refractivity contribution in [3.63, 3.8) is 0 Å². The third-order valence-electron chi connectivity index (χ3n) is 5.65. The Morgan fingerprint density at radius 3 is 2.48 bits per heavy atom. The Morgan fingerprint density at radius 1 is 1.33 bits per heavy atom. The summed E-state index contributed by atoms with van der Waals surface area (Å²) >= 11 is 0. The monoisotopic (exact) mass is 297 g/mol. The summed E-state index contributed by atoms with van der Waals surface area (Å²) in [6, 6.07) is 0.654. The highest BCUT2D eigenvalue weighted by Crippen LogP contribution is 2.40. The average molecular weight is 297 g/mol. The predicted octanol–water partition coefficient (Wildman–Crippen LogP) is 1.94. The minimum atomic E-state index is 0.199. The fourth-order valence-electron chi connectivity index (χ4n) is 4.01. The number of likely N-dealkylation sites (tertiary alicyclic amines) is 1. The van der Waals surface area contributed by atoms with Crippen LogP contribution in [0.25, 0.3) is 0 Å². The Bertz CT molecular complexity index is 298. The number of piperidine rings is 1. The molecular formula is C17H35N3O. The summed E-state index contributed by atoms with van der Waals surface area (Å²) in [6.45, 7) is 10.9. The molecule has 21 heavy (non-hydrogen) atoms. The maximum absolute atomic E-state index is 6.29. The van der Waals surface area contributed by atoms with E-state index < -0.39 is 0 Å². The van der Waals surface area contributed by atoms with Crippen LogP contribution in [-0.4, -0.2) is 67.8 Å². The number of hydrogen-bond acceptors (Lipinski definition) is 4. The van der Waals surface area contributed by atoms with Crippen molar-refractivity contribution >= 4 is 0 Å². The van der Waals surface area contributed by atoms with Gasteiger partial charge in [-0.2, -0.15) is 0 Å². The molecule has 0 bridgehead atoms. The Labute approximate surface area is 131 Å². The third kappa shape index (κ3) is 4.19. The first-order valence-electron chi connectivity index (χ1n) is 8.85. The van der Waals surface area contributed by atoms with E-state index in [1.807, 2.05) is 0 Å². The third-order valence-corrected chi connectivity index (χ3v) is 5.65. The lowest BCUT2D eigenvalue weighted by Crippen LogP contribution is -2.62. The molecule has 1 saturated heterocycles. The van der Waals surface area contributed by atoms with Crippen LogP contribution in [0.1, 0.15) is 46.0 Å². The highest BCUT2D eigenvalue weighted by molar-refractivity contribution is 5.00. The molecule has 1 saturated carbocycles. The normalized spacial score (nSPS) is 24.4. The van der Waals surface area contributed by atoms with Crippen LogP contribution in [0.5, 0.6) is 0 Å². The van der Waals surface area contributed by atoms with Gasteiger partial charge in [0.2, 0.25) is 0 Å². The zero-order valence-electron chi connectivity index (χ0n) is 14.3. The summed E-state index contributed by atoms with van der Waals surface area (Å²) in [5, 5.41) is 0. The lowest BCUT2D eigenvalue weighted by atomic mass is 9.83. The molecule has 2 aliphatic rings. The first kappa shape index (κ1) is 17.2. The number of nitrogens with two attached hydrogens (primary N) is 1. The molecule has 2 N–H and O–H groups in total. The van der Waals surface area contributed by atoms with Gasteiger partial charge in [0.25, 0.3) is 0 Å². The van der Waals surface area contributed by atoms with Gasteiger partial charge in [-0.05, 0) is 64.6 Å². The fourth-order valence-corrected chi connectivity index (χ4v) is 4.01. The summed E-state index contributed by atoms with van der Waals surface area (Å²) in [4.78, 5) is 5.31. The van der Waals surface area contributed by atoms with Crippen molar-refractivity contribution in [3.8, 4) is 0 Å². The van der Waals surface area contributed by atoms with Gasteiger partial charge < -0.3 is 15.4 Å². The van der Waals surface area contributed by atoms with Gasteiger partial charge in [-0.15, -0.1) is 0 Å². The summed E-state index contributed by atoms with van der Waals surface area (Å²) in [5.74, 6) is 0.888. The standard InChI is InChI=1S/C17H35N3O/c1-4-9-19-10-7-17(14-18,8-11-19)20(12-13-21-3)15(2)16-5-6-16/h15-16H,4-14,18H2,1-3H3. The highest BCUT2D eigenvalue weighted by atomic mass is 16.5. The highest BCUT2D eigenvalue weighted by Gasteiger charge is 2.44. The van der Waals surface area contributed by atoms with E-state index in [2.05, 4.69) is 23.6 Å². The summed E-state index contributed by atoms with van der Waals surface area (Å²) in [5.41, 5.74) is 6.49. The van der Waals surface area contributed by atoms with Crippen molar-refractivity contribution in [1.82, 2.24) is 9.80 Å². The van der Waals surface area contributed by atoms with E-state index in [9.17, 15) is 0 Å². The molecule has 0 aromatic rings. The van der Waals surface area contributed by atoms with Crippen LogP contribution in [-0.2, 0) is 4.74 Å². The van der Waals surface area contributed by atoms with Gasteiger partial charge in [-0.1, -0.05) is 6.92 Å². The van der Waals surface area contributed by atoms with Crippen LogP contribution in [0.4, 0.5) is 0 Å². The molecule has 0 amide bonds. The number of hydrogen-bond donors (Lipinski definition) is 1. The minimum absolute atomic E-state index is 0.199. The van der Waals surface area contributed by atoms with Crippen LogP contribution in [0.15, 0.2) is 0 Å². The van der Waals surface area contributed by atoms with Crippen molar-refractivity contribution in [1.29, 1.82) is 0 Å². The molecule has 1 atom stereocenters. The van der Waals surface area contributed by atoms with E-state index in [1.165, 1.54) is 51.7 Å². The van der Waals surface area contributed by atoms with E-state index in [4.69, 9.17) is 10.5 Å². The molecule has 0 aromatic heterocycles. The van der Waals surface area contributed by atoms with Crippen molar-refractivity contribution in [2.45, 2.75) is 57.5 Å². The molecule has 1 aliphatic carbocycles. The van der Waals surface area contributed by atoms with E-state index >= 15 is 0 Å². The number of methoxy groups -OCH3 is 1. The zero-order chi connectivity index (χ0) is 15.3. The van der Waals surface area contributed by atoms with Gasteiger partial charge in [-0.25, -0.2) is 0 Å². The molecule has 0 aromatic carbocycles. The first-order valence-corrected chi connectivity index (χ1v) is 8.85. The molecule has 2 fully saturated rings. The van der Waals surface area contributed by atoms with E-state index in [0.717, 1.165) is 25.6 Å². The van der Waals surface area contributed by atoms with E-state index in [1.54, 1.807) is 7.11 Å². The van der Waals surface area contributed by atoms with Crippen molar-refractivity contribution < 1.29 is 4.74 Å². The summed E-state index contributed by atoms with van der Waals surface area (Å²) in [7, 11) is 1.80. The maximum Gasteiger partial charge on any atom is 0.0590 e. The van der Waals surface area contributed by atoms with Gasteiger partial charge in [-0.3, -0.25) is 4.90 Å². The molecule has 0 radical (unpaired) electrons. The molecule has 1 heterocycles. The van der Waals surface area contributed by atoms with Gasteiger partial charge in [0.1, 0.15) is 0 Å². The molecule has 4 nitrogen and oxygen atoms in total. The number of nitrogens with zero attached hydrogens (tertiary/aromatic N) is 2. The molecule has 2 rings (SSSR count). The second-order valence-corrected chi connectivity index (χ2v) is 7.03.